The van der Waals surface area contributed by atoms with Crippen LogP contribution in [0, 0.1) is 5.82 Å². The molecular weight excluding hydrogens is 369 g/mol. The van der Waals surface area contributed by atoms with Crippen molar-refractivity contribution in [2.24, 2.45) is 5.73 Å². The van der Waals surface area contributed by atoms with Crippen molar-refractivity contribution in [3.05, 3.63) is 59.9 Å². The Labute approximate surface area is 161 Å². The summed E-state index contributed by atoms with van der Waals surface area (Å²) >= 11 is 1.59. The van der Waals surface area contributed by atoms with Crippen LogP contribution in [0.1, 0.15) is 12.0 Å². The Morgan fingerprint density at radius 2 is 1.70 bits per heavy atom. The zero-order valence-electron chi connectivity index (χ0n) is 14.9. The van der Waals surface area contributed by atoms with Gasteiger partial charge in [-0.1, -0.05) is 12.1 Å². The third kappa shape index (κ3) is 7.18. The molecule has 0 aromatic heterocycles. The van der Waals surface area contributed by atoms with Crippen LogP contribution in [0.3, 0.4) is 0 Å². The summed E-state index contributed by atoms with van der Waals surface area (Å²) in [6.07, 6.45) is 2.43. The van der Waals surface area contributed by atoms with Crippen LogP contribution in [0.4, 0.5) is 9.18 Å². The smallest absolute Gasteiger partial charge is 0.312 e. The largest absolute Gasteiger partial charge is 0.457 e. The standard InChI is InChI=1S/C19H22FN3O3S/c1-27-11-10-17(23-19(21)25)18(24)22-12-13-2-6-15(7-3-13)26-16-8-4-14(20)5-9-16/h2-9,17H,10-12H2,1H3,(H,22,24)(H3,21,23,25)/t17-/m1/s1. The first kappa shape index (κ1) is 20.6. The van der Waals surface area contributed by atoms with Gasteiger partial charge in [0.2, 0.25) is 5.91 Å². The highest BCUT2D eigenvalue weighted by atomic mass is 32.2. The van der Waals surface area contributed by atoms with Gasteiger partial charge in [0, 0.05) is 6.54 Å². The van der Waals surface area contributed by atoms with E-state index in [0.717, 1.165) is 11.3 Å². The molecule has 6 nitrogen and oxygen atoms in total. The molecule has 0 saturated heterocycles. The Bertz CT molecular complexity index is 754. The minimum atomic E-state index is -0.724. The molecule has 2 rings (SSSR count). The van der Waals surface area contributed by atoms with E-state index in [4.69, 9.17) is 10.5 Å². The number of nitrogens with two attached hydrogens (primary N) is 1. The molecule has 0 spiro atoms. The average Bonchev–Trinajstić information content (AvgIpc) is 2.66. The Balaban J connectivity index is 1.88. The van der Waals surface area contributed by atoms with E-state index in [1.807, 2.05) is 18.4 Å². The third-order valence-corrected chi connectivity index (χ3v) is 4.33. The molecule has 3 amide bonds. The van der Waals surface area contributed by atoms with E-state index in [9.17, 15) is 14.0 Å². The number of amides is 3. The first-order valence-corrected chi connectivity index (χ1v) is 9.72. The second-order valence-corrected chi connectivity index (χ2v) is 6.75. The van der Waals surface area contributed by atoms with Crippen molar-refractivity contribution < 1.29 is 18.7 Å². The molecule has 0 aliphatic heterocycles. The van der Waals surface area contributed by atoms with Gasteiger partial charge >= 0.3 is 6.03 Å². The zero-order valence-corrected chi connectivity index (χ0v) is 15.7. The maximum absolute atomic E-state index is 12.9. The van der Waals surface area contributed by atoms with Crippen molar-refractivity contribution in [3.63, 3.8) is 0 Å². The van der Waals surface area contributed by atoms with E-state index in [1.165, 1.54) is 12.1 Å². The van der Waals surface area contributed by atoms with Gasteiger partial charge in [-0.25, -0.2) is 9.18 Å². The number of hydrogen-bond donors (Lipinski definition) is 3. The monoisotopic (exact) mass is 391 g/mol. The van der Waals surface area contributed by atoms with Gasteiger partial charge in [0.25, 0.3) is 0 Å². The van der Waals surface area contributed by atoms with Gasteiger partial charge in [0.05, 0.1) is 0 Å². The number of nitrogens with one attached hydrogen (secondary N) is 2. The number of hydrogen-bond acceptors (Lipinski definition) is 4. The Hall–Kier alpha value is -2.74. The highest BCUT2D eigenvalue weighted by Gasteiger charge is 2.18. The summed E-state index contributed by atoms with van der Waals surface area (Å²) in [5.41, 5.74) is 6.00. The number of halogens is 1. The molecule has 0 fully saturated rings. The molecule has 4 N–H and O–H groups in total. The van der Waals surface area contributed by atoms with Crippen LogP contribution < -0.4 is 21.1 Å². The number of rotatable bonds is 9. The predicted molar refractivity (Wildman–Crippen MR) is 104 cm³/mol. The lowest BCUT2D eigenvalue weighted by molar-refractivity contribution is -0.123. The Morgan fingerprint density at radius 3 is 2.26 bits per heavy atom. The second-order valence-electron chi connectivity index (χ2n) is 5.76. The molecule has 27 heavy (non-hydrogen) atoms. The van der Waals surface area contributed by atoms with Crippen molar-refractivity contribution >= 4 is 23.7 Å². The summed E-state index contributed by atoms with van der Waals surface area (Å²) in [5.74, 6) is 1.26. The van der Waals surface area contributed by atoms with Gasteiger partial charge in [-0.3, -0.25) is 4.79 Å². The van der Waals surface area contributed by atoms with Crippen molar-refractivity contribution in [1.29, 1.82) is 0 Å². The average molecular weight is 391 g/mol. The van der Waals surface area contributed by atoms with Gasteiger partial charge in [-0.15, -0.1) is 0 Å². The minimum Gasteiger partial charge on any atom is -0.457 e. The second kappa shape index (κ2) is 10.4. The molecule has 0 radical (unpaired) electrons. The molecule has 1 atom stereocenters. The van der Waals surface area contributed by atoms with E-state index in [2.05, 4.69) is 10.6 Å². The Morgan fingerprint density at radius 1 is 1.11 bits per heavy atom. The van der Waals surface area contributed by atoms with Crippen LogP contribution in [-0.4, -0.2) is 30.0 Å². The summed E-state index contributed by atoms with van der Waals surface area (Å²) in [5, 5.41) is 5.25. The normalized spacial score (nSPS) is 11.5. The van der Waals surface area contributed by atoms with E-state index in [-0.39, 0.29) is 11.7 Å². The molecule has 0 aliphatic rings. The molecule has 8 heteroatoms. The van der Waals surface area contributed by atoms with E-state index in [0.29, 0.717) is 24.5 Å². The lowest BCUT2D eigenvalue weighted by Crippen LogP contribution is -2.48. The number of benzene rings is 2. The molecule has 2 aromatic rings. The fraction of sp³-hybridized carbons (Fsp3) is 0.263. The number of carbonyl (C=O) groups is 2. The van der Waals surface area contributed by atoms with E-state index in [1.54, 1.807) is 36.0 Å². The first-order valence-electron chi connectivity index (χ1n) is 8.33. The number of carbonyl (C=O) groups excluding carboxylic acids is 2. The van der Waals surface area contributed by atoms with Gasteiger partial charge in [-0.2, -0.15) is 11.8 Å². The van der Waals surface area contributed by atoms with Crippen molar-refractivity contribution in [3.8, 4) is 11.5 Å². The lowest BCUT2D eigenvalue weighted by Gasteiger charge is -2.17. The van der Waals surface area contributed by atoms with Crippen molar-refractivity contribution in [2.75, 3.05) is 12.0 Å². The van der Waals surface area contributed by atoms with Gasteiger partial charge < -0.3 is 21.1 Å². The van der Waals surface area contributed by atoms with Crippen LogP contribution in [0.5, 0.6) is 11.5 Å². The number of primary amides is 1. The molecular formula is C19H22FN3O3S. The van der Waals surface area contributed by atoms with Crippen LogP contribution in [0.2, 0.25) is 0 Å². The number of urea groups is 1. The van der Waals surface area contributed by atoms with Gasteiger partial charge in [-0.05, 0) is 60.4 Å². The maximum atomic E-state index is 12.9. The molecule has 0 aliphatic carbocycles. The molecule has 0 unspecified atom stereocenters. The quantitative estimate of drug-likeness (QED) is 0.613. The predicted octanol–water partition coefficient (Wildman–Crippen LogP) is 3.02. The van der Waals surface area contributed by atoms with Crippen LogP contribution >= 0.6 is 11.8 Å². The van der Waals surface area contributed by atoms with Crippen molar-refractivity contribution in [2.45, 2.75) is 19.0 Å². The van der Waals surface area contributed by atoms with Gasteiger partial charge in [0.1, 0.15) is 23.4 Å². The summed E-state index contributed by atoms with van der Waals surface area (Å²) in [6.45, 7) is 0.311. The molecule has 0 bridgehead atoms. The summed E-state index contributed by atoms with van der Waals surface area (Å²) in [6, 6.07) is 11.5. The van der Waals surface area contributed by atoms with E-state index < -0.39 is 12.1 Å². The third-order valence-electron chi connectivity index (χ3n) is 3.68. The minimum absolute atomic E-state index is 0.283. The maximum Gasteiger partial charge on any atom is 0.312 e. The van der Waals surface area contributed by atoms with Crippen LogP contribution in [-0.2, 0) is 11.3 Å². The van der Waals surface area contributed by atoms with Crippen molar-refractivity contribution in [1.82, 2.24) is 10.6 Å². The molecule has 144 valence electrons. The fourth-order valence-electron chi connectivity index (χ4n) is 2.30. The fourth-order valence-corrected chi connectivity index (χ4v) is 2.77. The molecule has 2 aromatic carbocycles. The highest BCUT2D eigenvalue weighted by molar-refractivity contribution is 7.98. The summed E-state index contributed by atoms with van der Waals surface area (Å²) in [4.78, 5) is 23.3. The molecule has 0 heterocycles. The first-order chi connectivity index (χ1) is 13.0. The highest BCUT2D eigenvalue weighted by Crippen LogP contribution is 2.21. The zero-order chi connectivity index (χ0) is 19.6. The molecule has 0 saturated carbocycles. The number of thioether (sulfide) groups is 1. The summed E-state index contributed by atoms with van der Waals surface area (Å²) in [7, 11) is 0. The topological polar surface area (TPSA) is 93.5 Å². The number of ether oxygens (including phenoxy) is 1. The Kier molecular flexibility index (Phi) is 7.94. The van der Waals surface area contributed by atoms with Crippen LogP contribution in [0.15, 0.2) is 48.5 Å². The lowest BCUT2D eigenvalue weighted by atomic mass is 10.2. The SMILES string of the molecule is CSCC[C@@H](NC(N)=O)C(=O)NCc1ccc(Oc2ccc(F)cc2)cc1. The van der Waals surface area contributed by atoms with E-state index >= 15 is 0 Å². The van der Waals surface area contributed by atoms with Gasteiger partial charge in [0.15, 0.2) is 0 Å². The van der Waals surface area contributed by atoms with Crippen LogP contribution in [0.25, 0.3) is 0 Å². The summed E-state index contributed by atoms with van der Waals surface area (Å²) < 4.78 is 18.5.